The SMILES string of the molecule is [C-]#[N+]c1c(S(C)(=O)=O)nc2c(Br)c(C)nn2c1N. The first-order chi connectivity index (χ1) is 8.27. The molecule has 2 rings (SSSR count). The average Bonchev–Trinajstić information content (AvgIpc) is 2.55. The molecular formula is C9H8BrN5O2S. The predicted octanol–water partition coefficient (Wildman–Crippen LogP) is 1.34. The molecule has 0 aliphatic heterocycles. The van der Waals surface area contributed by atoms with E-state index >= 15 is 0 Å². The Bertz CT molecular complexity index is 803. The van der Waals surface area contributed by atoms with Gasteiger partial charge in [-0.25, -0.2) is 22.8 Å². The van der Waals surface area contributed by atoms with Gasteiger partial charge in [0.1, 0.15) is 5.82 Å². The first-order valence-electron chi connectivity index (χ1n) is 4.69. The van der Waals surface area contributed by atoms with E-state index in [1.54, 1.807) is 6.92 Å². The second-order valence-corrected chi connectivity index (χ2v) is 6.39. The molecule has 0 aliphatic carbocycles. The van der Waals surface area contributed by atoms with Gasteiger partial charge in [-0.05, 0) is 22.9 Å². The number of nitrogens with two attached hydrogens (primary N) is 1. The number of fused-ring (bicyclic) bond motifs is 1. The van der Waals surface area contributed by atoms with E-state index in [-0.39, 0.29) is 22.2 Å². The Hall–Kier alpha value is -1.66. The number of halogens is 1. The van der Waals surface area contributed by atoms with Gasteiger partial charge in [0, 0.05) is 6.26 Å². The molecule has 0 spiro atoms. The summed E-state index contributed by atoms with van der Waals surface area (Å²) in [6, 6.07) is 0. The first kappa shape index (κ1) is 12.8. The lowest BCUT2D eigenvalue weighted by atomic mass is 10.4. The van der Waals surface area contributed by atoms with Crippen LogP contribution in [-0.4, -0.2) is 29.3 Å². The molecule has 0 fully saturated rings. The van der Waals surface area contributed by atoms with Gasteiger partial charge in [-0.1, -0.05) is 0 Å². The zero-order valence-electron chi connectivity index (χ0n) is 9.47. The van der Waals surface area contributed by atoms with Crippen molar-refractivity contribution in [2.75, 3.05) is 12.0 Å². The minimum absolute atomic E-state index is 0.0378. The highest BCUT2D eigenvalue weighted by Crippen LogP contribution is 2.33. The maximum atomic E-state index is 11.6. The quantitative estimate of drug-likeness (QED) is 0.629. The van der Waals surface area contributed by atoms with Crippen LogP contribution in [0.2, 0.25) is 0 Å². The van der Waals surface area contributed by atoms with Gasteiger partial charge >= 0.3 is 0 Å². The molecule has 2 aromatic rings. The number of sulfone groups is 1. The van der Waals surface area contributed by atoms with Crippen LogP contribution in [-0.2, 0) is 9.84 Å². The summed E-state index contributed by atoms with van der Waals surface area (Å²) in [5, 5.41) is 3.76. The van der Waals surface area contributed by atoms with Crippen LogP contribution >= 0.6 is 15.9 Å². The molecule has 2 aromatic heterocycles. The summed E-state index contributed by atoms with van der Waals surface area (Å²) in [6.45, 7) is 8.75. The van der Waals surface area contributed by atoms with Crippen molar-refractivity contribution >= 4 is 42.9 Å². The topological polar surface area (TPSA) is 94.7 Å². The van der Waals surface area contributed by atoms with Crippen LogP contribution in [0.3, 0.4) is 0 Å². The molecule has 94 valence electrons. The van der Waals surface area contributed by atoms with Crippen molar-refractivity contribution in [3.63, 3.8) is 0 Å². The molecule has 0 amide bonds. The van der Waals surface area contributed by atoms with Crippen molar-refractivity contribution in [2.24, 2.45) is 0 Å². The Balaban J connectivity index is 3.07. The number of nitrogens with zero attached hydrogens (tertiary/aromatic N) is 4. The van der Waals surface area contributed by atoms with Crippen molar-refractivity contribution in [3.8, 4) is 0 Å². The highest BCUT2D eigenvalue weighted by atomic mass is 79.9. The summed E-state index contributed by atoms with van der Waals surface area (Å²) >= 11 is 3.26. The van der Waals surface area contributed by atoms with Gasteiger partial charge in [-0.15, -0.1) is 0 Å². The van der Waals surface area contributed by atoms with Crippen LogP contribution in [0.4, 0.5) is 11.5 Å². The summed E-state index contributed by atoms with van der Waals surface area (Å²) in [5.74, 6) is -0.0378. The van der Waals surface area contributed by atoms with E-state index < -0.39 is 9.84 Å². The van der Waals surface area contributed by atoms with Crippen molar-refractivity contribution in [1.29, 1.82) is 0 Å². The van der Waals surface area contributed by atoms with Crippen molar-refractivity contribution < 1.29 is 8.42 Å². The van der Waals surface area contributed by atoms with E-state index in [1.807, 2.05) is 0 Å². The molecule has 2 N–H and O–H groups in total. The minimum atomic E-state index is -3.63. The highest BCUT2D eigenvalue weighted by Gasteiger charge is 2.23. The second-order valence-electron chi connectivity index (χ2n) is 3.67. The summed E-state index contributed by atoms with van der Waals surface area (Å²) in [5.41, 5.74) is 6.45. The van der Waals surface area contributed by atoms with Crippen LogP contribution in [0.5, 0.6) is 0 Å². The lowest BCUT2D eigenvalue weighted by Crippen LogP contribution is -2.08. The van der Waals surface area contributed by atoms with Crippen LogP contribution in [0.15, 0.2) is 9.50 Å². The summed E-state index contributed by atoms with van der Waals surface area (Å²) in [7, 11) is -3.63. The number of hydrogen-bond donors (Lipinski definition) is 1. The minimum Gasteiger partial charge on any atom is -0.392 e. The van der Waals surface area contributed by atoms with E-state index in [1.165, 1.54) is 4.52 Å². The Kier molecular flexibility index (Phi) is 2.79. The fourth-order valence-corrected chi connectivity index (χ4v) is 2.57. The van der Waals surface area contributed by atoms with E-state index in [4.69, 9.17) is 12.3 Å². The summed E-state index contributed by atoms with van der Waals surface area (Å²) < 4.78 is 25.0. The highest BCUT2D eigenvalue weighted by molar-refractivity contribution is 9.10. The second kappa shape index (κ2) is 3.93. The molecule has 0 aromatic carbocycles. The van der Waals surface area contributed by atoms with Gasteiger partial charge in [0.2, 0.25) is 0 Å². The van der Waals surface area contributed by atoms with E-state index in [9.17, 15) is 8.42 Å². The smallest absolute Gasteiger partial charge is 0.264 e. The van der Waals surface area contributed by atoms with Crippen molar-refractivity contribution in [2.45, 2.75) is 11.9 Å². The molecular weight excluding hydrogens is 322 g/mol. The molecule has 0 saturated carbocycles. The number of hydrogen-bond acceptors (Lipinski definition) is 5. The summed E-state index contributed by atoms with van der Waals surface area (Å²) in [6.07, 6.45) is 0.983. The van der Waals surface area contributed by atoms with Crippen molar-refractivity contribution in [3.05, 3.63) is 21.6 Å². The Morgan fingerprint density at radius 1 is 1.50 bits per heavy atom. The lowest BCUT2D eigenvalue weighted by molar-refractivity contribution is 0.599. The number of aromatic nitrogens is 3. The molecule has 2 heterocycles. The van der Waals surface area contributed by atoms with Gasteiger partial charge in [-0.3, -0.25) is 0 Å². The number of aryl methyl sites for hydroxylation is 1. The van der Waals surface area contributed by atoms with Gasteiger partial charge in [0.25, 0.3) is 5.69 Å². The number of nitrogen functional groups attached to an aromatic ring is 1. The maximum Gasteiger partial charge on any atom is 0.264 e. The third kappa shape index (κ3) is 1.74. The molecule has 7 nitrogen and oxygen atoms in total. The van der Waals surface area contributed by atoms with Gasteiger partial charge in [0.05, 0.1) is 16.7 Å². The normalized spacial score (nSPS) is 11.7. The molecule has 0 saturated heterocycles. The standard InChI is InChI=1S/C9H8BrN5O2S/c1-4-5(10)8-13-9(18(3,16)17)6(12-2)7(11)15(8)14-4/h11H2,1,3H3. The van der Waals surface area contributed by atoms with Gasteiger partial charge in [-0.2, -0.15) is 5.10 Å². The summed E-state index contributed by atoms with van der Waals surface area (Å²) in [4.78, 5) is 7.10. The Morgan fingerprint density at radius 3 is 2.61 bits per heavy atom. The van der Waals surface area contributed by atoms with E-state index in [0.29, 0.717) is 10.2 Å². The average molecular weight is 330 g/mol. The van der Waals surface area contributed by atoms with Crippen LogP contribution < -0.4 is 5.73 Å². The molecule has 18 heavy (non-hydrogen) atoms. The monoisotopic (exact) mass is 329 g/mol. The van der Waals surface area contributed by atoms with Gasteiger partial charge < -0.3 is 5.73 Å². The van der Waals surface area contributed by atoms with Crippen molar-refractivity contribution in [1.82, 2.24) is 14.6 Å². The molecule has 0 atom stereocenters. The van der Waals surface area contributed by atoms with Crippen LogP contribution in [0.25, 0.3) is 10.5 Å². The third-order valence-electron chi connectivity index (χ3n) is 2.31. The molecule has 0 radical (unpaired) electrons. The van der Waals surface area contributed by atoms with Crippen LogP contribution in [0, 0.1) is 13.5 Å². The maximum absolute atomic E-state index is 11.6. The molecule has 0 unspecified atom stereocenters. The molecule has 9 heteroatoms. The predicted molar refractivity (Wildman–Crippen MR) is 69.2 cm³/mol. The number of anilines is 1. The van der Waals surface area contributed by atoms with Crippen LogP contribution in [0.1, 0.15) is 5.69 Å². The fourth-order valence-electron chi connectivity index (χ4n) is 1.48. The molecule has 0 aliphatic rings. The zero-order valence-corrected chi connectivity index (χ0v) is 11.9. The Labute approximate surface area is 111 Å². The third-order valence-corrected chi connectivity index (χ3v) is 4.22. The zero-order chi connectivity index (χ0) is 13.7. The van der Waals surface area contributed by atoms with E-state index in [0.717, 1.165) is 6.26 Å². The number of rotatable bonds is 1. The van der Waals surface area contributed by atoms with Gasteiger partial charge in [0.15, 0.2) is 20.5 Å². The lowest BCUT2D eigenvalue weighted by Gasteiger charge is -2.06. The Morgan fingerprint density at radius 2 is 2.11 bits per heavy atom. The largest absolute Gasteiger partial charge is 0.392 e. The molecule has 0 bridgehead atoms. The first-order valence-corrected chi connectivity index (χ1v) is 7.37. The van der Waals surface area contributed by atoms with E-state index in [2.05, 4.69) is 30.9 Å². The fraction of sp³-hybridized carbons (Fsp3) is 0.222.